The molecule has 0 amide bonds. The molecule has 0 aromatic carbocycles. The van der Waals surface area contributed by atoms with Crippen molar-refractivity contribution in [2.75, 3.05) is 13.6 Å². The summed E-state index contributed by atoms with van der Waals surface area (Å²) < 4.78 is 0. The van der Waals surface area contributed by atoms with Gasteiger partial charge in [-0.25, -0.2) is 0 Å². The lowest BCUT2D eigenvalue weighted by atomic mass is 9.91. The van der Waals surface area contributed by atoms with Crippen molar-refractivity contribution in [2.45, 2.75) is 32.7 Å². The Hall–Kier alpha value is -0.0400. The van der Waals surface area contributed by atoms with E-state index >= 15 is 0 Å². The van der Waals surface area contributed by atoms with Crippen molar-refractivity contribution in [3.8, 4) is 0 Å². The number of likely N-dealkylation sites (tertiary alicyclic amines) is 1. The average molecular weight is 153 g/mol. The van der Waals surface area contributed by atoms with E-state index in [4.69, 9.17) is 0 Å². The summed E-state index contributed by atoms with van der Waals surface area (Å²) in [4.78, 5) is 2.53. The smallest absolute Gasteiger partial charge is 0.00954 e. The first-order chi connectivity index (χ1) is 5.20. The molecule has 0 radical (unpaired) electrons. The highest BCUT2D eigenvalue weighted by atomic mass is 15.2. The highest BCUT2D eigenvalue weighted by Gasteiger charge is 2.43. The van der Waals surface area contributed by atoms with E-state index in [2.05, 4.69) is 25.8 Å². The van der Waals surface area contributed by atoms with E-state index in [1.165, 1.54) is 19.4 Å². The molecule has 64 valence electrons. The Bertz CT molecular complexity index is 155. The summed E-state index contributed by atoms with van der Waals surface area (Å²) in [6, 6.07) is 0.852. The number of nitrogens with zero attached hydrogens (tertiary/aromatic N) is 1. The molecule has 1 saturated heterocycles. The zero-order chi connectivity index (χ0) is 8.01. The molecule has 1 aliphatic carbocycles. The third kappa shape index (κ3) is 1.01. The highest BCUT2D eigenvalue weighted by Crippen LogP contribution is 2.44. The SMILES string of the molecule is CC1CCC2C1CN(C)C2C. The molecule has 0 spiro atoms. The van der Waals surface area contributed by atoms with Crippen LogP contribution in [0.25, 0.3) is 0 Å². The van der Waals surface area contributed by atoms with Gasteiger partial charge in [0.05, 0.1) is 0 Å². The Labute approximate surface area is 69.8 Å². The van der Waals surface area contributed by atoms with Crippen molar-refractivity contribution in [3.05, 3.63) is 0 Å². The van der Waals surface area contributed by atoms with Gasteiger partial charge in [0, 0.05) is 12.6 Å². The summed E-state index contributed by atoms with van der Waals surface area (Å²) in [5, 5.41) is 0. The van der Waals surface area contributed by atoms with Crippen molar-refractivity contribution in [1.29, 1.82) is 0 Å². The Morgan fingerprint density at radius 1 is 1.09 bits per heavy atom. The molecule has 4 unspecified atom stereocenters. The first-order valence-corrected chi connectivity index (χ1v) is 4.90. The maximum atomic E-state index is 2.53. The second kappa shape index (κ2) is 2.48. The number of hydrogen-bond donors (Lipinski definition) is 0. The van der Waals surface area contributed by atoms with Crippen LogP contribution in [-0.4, -0.2) is 24.5 Å². The Balaban J connectivity index is 2.12. The summed E-state index contributed by atoms with van der Waals surface area (Å²) in [5.74, 6) is 3.04. The quantitative estimate of drug-likeness (QED) is 0.514. The second-order valence-corrected chi connectivity index (χ2v) is 4.56. The van der Waals surface area contributed by atoms with E-state index in [1.807, 2.05) is 0 Å². The number of hydrogen-bond acceptors (Lipinski definition) is 1. The molecular weight excluding hydrogens is 134 g/mol. The summed E-state index contributed by atoms with van der Waals surface area (Å²) in [6.07, 6.45) is 2.96. The molecule has 2 fully saturated rings. The monoisotopic (exact) mass is 153 g/mol. The van der Waals surface area contributed by atoms with E-state index in [-0.39, 0.29) is 0 Å². The van der Waals surface area contributed by atoms with Crippen LogP contribution in [-0.2, 0) is 0 Å². The molecule has 1 heterocycles. The van der Waals surface area contributed by atoms with Crippen molar-refractivity contribution in [1.82, 2.24) is 4.90 Å². The van der Waals surface area contributed by atoms with Gasteiger partial charge in [-0.3, -0.25) is 0 Å². The summed E-state index contributed by atoms with van der Waals surface area (Å²) in [5.41, 5.74) is 0. The lowest BCUT2D eigenvalue weighted by Gasteiger charge is -2.18. The normalized spacial score (nSPS) is 51.5. The molecule has 4 atom stereocenters. The lowest BCUT2D eigenvalue weighted by Crippen LogP contribution is -2.25. The molecule has 0 aromatic heterocycles. The summed E-state index contributed by atoms with van der Waals surface area (Å²) in [6.45, 7) is 6.17. The van der Waals surface area contributed by atoms with Gasteiger partial charge in [0.15, 0.2) is 0 Å². The summed E-state index contributed by atoms with van der Waals surface area (Å²) in [7, 11) is 2.27. The molecule has 1 heteroatoms. The first-order valence-electron chi connectivity index (χ1n) is 4.90. The minimum Gasteiger partial charge on any atom is -0.303 e. The Kier molecular flexibility index (Phi) is 1.71. The predicted molar refractivity (Wildman–Crippen MR) is 47.5 cm³/mol. The third-order valence-corrected chi connectivity index (χ3v) is 4.05. The molecule has 2 aliphatic rings. The molecule has 0 aromatic rings. The topological polar surface area (TPSA) is 3.24 Å². The van der Waals surface area contributed by atoms with Crippen LogP contribution in [0.2, 0.25) is 0 Å². The Morgan fingerprint density at radius 2 is 1.82 bits per heavy atom. The molecule has 11 heavy (non-hydrogen) atoms. The minimum atomic E-state index is 0.852. The van der Waals surface area contributed by atoms with Gasteiger partial charge in [-0.15, -0.1) is 0 Å². The molecule has 1 aliphatic heterocycles. The standard InChI is InChI=1S/C10H19N/c1-7-4-5-9-8(2)11(3)6-10(7)9/h7-10H,4-6H2,1-3H3. The average Bonchev–Trinajstić information content (AvgIpc) is 2.43. The van der Waals surface area contributed by atoms with Gasteiger partial charge < -0.3 is 4.90 Å². The Morgan fingerprint density at radius 3 is 2.45 bits per heavy atom. The molecule has 1 saturated carbocycles. The van der Waals surface area contributed by atoms with Gasteiger partial charge in [0.2, 0.25) is 0 Å². The van der Waals surface area contributed by atoms with Crippen molar-refractivity contribution >= 4 is 0 Å². The second-order valence-electron chi connectivity index (χ2n) is 4.56. The molecular formula is C10H19N. The fourth-order valence-corrected chi connectivity index (χ4v) is 3.05. The van der Waals surface area contributed by atoms with Crippen LogP contribution in [0.1, 0.15) is 26.7 Å². The molecule has 0 bridgehead atoms. The van der Waals surface area contributed by atoms with E-state index in [9.17, 15) is 0 Å². The maximum Gasteiger partial charge on any atom is 0.00954 e. The number of fused-ring (bicyclic) bond motifs is 1. The zero-order valence-corrected chi connectivity index (χ0v) is 7.88. The first kappa shape index (κ1) is 7.60. The lowest BCUT2D eigenvalue weighted by molar-refractivity contribution is 0.284. The number of rotatable bonds is 0. The van der Waals surface area contributed by atoms with Crippen LogP contribution < -0.4 is 0 Å². The fourth-order valence-electron chi connectivity index (χ4n) is 3.05. The van der Waals surface area contributed by atoms with Gasteiger partial charge >= 0.3 is 0 Å². The van der Waals surface area contributed by atoms with Crippen molar-refractivity contribution in [3.63, 3.8) is 0 Å². The van der Waals surface area contributed by atoms with Gasteiger partial charge in [-0.05, 0) is 38.1 Å². The zero-order valence-electron chi connectivity index (χ0n) is 7.88. The fraction of sp³-hybridized carbons (Fsp3) is 1.00. The maximum absolute atomic E-state index is 2.53. The van der Waals surface area contributed by atoms with Crippen LogP contribution >= 0.6 is 0 Å². The van der Waals surface area contributed by atoms with Crippen LogP contribution in [0.4, 0.5) is 0 Å². The van der Waals surface area contributed by atoms with E-state index < -0.39 is 0 Å². The van der Waals surface area contributed by atoms with E-state index in [1.54, 1.807) is 0 Å². The third-order valence-electron chi connectivity index (χ3n) is 4.05. The van der Waals surface area contributed by atoms with Gasteiger partial charge in [0.25, 0.3) is 0 Å². The van der Waals surface area contributed by atoms with Gasteiger partial charge in [-0.1, -0.05) is 13.3 Å². The summed E-state index contributed by atoms with van der Waals surface area (Å²) >= 11 is 0. The van der Waals surface area contributed by atoms with Crippen molar-refractivity contribution in [2.24, 2.45) is 17.8 Å². The highest BCUT2D eigenvalue weighted by molar-refractivity contribution is 4.95. The van der Waals surface area contributed by atoms with Crippen molar-refractivity contribution < 1.29 is 0 Å². The van der Waals surface area contributed by atoms with Gasteiger partial charge in [-0.2, -0.15) is 0 Å². The largest absolute Gasteiger partial charge is 0.303 e. The van der Waals surface area contributed by atoms with E-state index in [0.717, 1.165) is 23.8 Å². The molecule has 0 N–H and O–H groups in total. The van der Waals surface area contributed by atoms with Crippen LogP contribution in [0.15, 0.2) is 0 Å². The van der Waals surface area contributed by atoms with Crippen LogP contribution in [0.3, 0.4) is 0 Å². The van der Waals surface area contributed by atoms with Crippen LogP contribution in [0.5, 0.6) is 0 Å². The molecule has 2 rings (SSSR count). The van der Waals surface area contributed by atoms with E-state index in [0.29, 0.717) is 0 Å². The van der Waals surface area contributed by atoms with Crippen LogP contribution in [0, 0.1) is 17.8 Å². The minimum absolute atomic E-state index is 0.852. The molecule has 1 nitrogen and oxygen atoms in total. The van der Waals surface area contributed by atoms with Gasteiger partial charge in [0.1, 0.15) is 0 Å². The predicted octanol–water partition coefficient (Wildman–Crippen LogP) is 1.98.